The number of hydrogen-bond donors (Lipinski definition) is 2. The lowest BCUT2D eigenvalue weighted by Gasteiger charge is -2.27. The van der Waals surface area contributed by atoms with E-state index in [4.69, 9.17) is 14.7 Å². The highest BCUT2D eigenvalue weighted by atomic mass is 16.5. The van der Waals surface area contributed by atoms with Crippen molar-refractivity contribution < 1.29 is 4.74 Å². The number of ether oxygens (including phenoxy) is 1. The number of aryl methyl sites for hydroxylation is 1. The van der Waals surface area contributed by atoms with E-state index in [1.165, 1.54) is 11.1 Å². The summed E-state index contributed by atoms with van der Waals surface area (Å²) in [5.41, 5.74) is 4.74. The Morgan fingerprint density at radius 3 is 2.55 bits per heavy atom. The van der Waals surface area contributed by atoms with E-state index in [9.17, 15) is 0 Å². The van der Waals surface area contributed by atoms with Crippen LogP contribution in [0.2, 0.25) is 0 Å². The zero-order valence-electron chi connectivity index (χ0n) is 18.5. The lowest BCUT2D eigenvalue weighted by atomic mass is 10.1. The third-order valence-electron chi connectivity index (χ3n) is 5.66. The third-order valence-corrected chi connectivity index (χ3v) is 5.66. The van der Waals surface area contributed by atoms with Gasteiger partial charge in [-0.2, -0.15) is 0 Å². The Morgan fingerprint density at radius 1 is 1.03 bits per heavy atom. The van der Waals surface area contributed by atoms with E-state index >= 15 is 0 Å². The van der Waals surface area contributed by atoms with Crippen molar-refractivity contribution in [3.8, 4) is 0 Å². The molecular formula is C24H32N6O. The minimum absolute atomic E-state index is 0.617. The van der Waals surface area contributed by atoms with Gasteiger partial charge in [0.15, 0.2) is 5.96 Å². The number of morpholine rings is 1. The summed E-state index contributed by atoms with van der Waals surface area (Å²) in [6.07, 6.45) is 0. The summed E-state index contributed by atoms with van der Waals surface area (Å²) in [6.45, 7) is 8.69. The molecule has 1 fully saturated rings. The monoisotopic (exact) mass is 420 g/mol. The Labute approximate surface area is 184 Å². The average Bonchev–Trinajstić information content (AvgIpc) is 3.13. The summed E-state index contributed by atoms with van der Waals surface area (Å²) in [4.78, 5) is 12.0. The maximum Gasteiger partial charge on any atom is 0.191 e. The second kappa shape index (κ2) is 10.4. The van der Waals surface area contributed by atoms with E-state index in [0.29, 0.717) is 13.1 Å². The first-order valence-corrected chi connectivity index (χ1v) is 11.0. The van der Waals surface area contributed by atoms with E-state index in [1.807, 2.05) is 18.2 Å². The second-order valence-electron chi connectivity index (χ2n) is 7.78. The number of benzene rings is 2. The van der Waals surface area contributed by atoms with Gasteiger partial charge in [-0.15, -0.1) is 0 Å². The average molecular weight is 421 g/mol. The van der Waals surface area contributed by atoms with E-state index in [2.05, 4.69) is 64.4 Å². The molecule has 7 nitrogen and oxygen atoms in total. The Hall–Kier alpha value is -2.90. The SMILES string of the molecule is CCNC(=NCc1ccccc1CN1CCOCC1)NCc1nc2ccccc2n1C. The largest absolute Gasteiger partial charge is 0.379 e. The van der Waals surface area contributed by atoms with Crippen LogP contribution >= 0.6 is 0 Å². The molecule has 1 aromatic heterocycles. The number of guanidine groups is 1. The molecule has 1 aliphatic rings. The van der Waals surface area contributed by atoms with E-state index < -0.39 is 0 Å². The van der Waals surface area contributed by atoms with Gasteiger partial charge in [-0.25, -0.2) is 9.98 Å². The number of rotatable bonds is 7. The Kier molecular flexibility index (Phi) is 7.17. The molecule has 0 saturated carbocycles. The quantitative estimate of drug-likeness (QED) is 0.454. The zero-order chi connectivity index (χ0) is 21.5. The highest BCUT2D eigenvalue weighted by Crippen LogP contribution is 2.15. The van der Waals surface area contributed by atoms with Gasteiger partial charge in [-0.3, -0.25) is 4.90 Å². The molecule has 2 aromatic carbocycles. The van der Waals surface area contributed by atoms with Crippen LogP contribution in [0.15, 0.2) is 53.5 Å². The van der Waals surface area contributed by atoms with Gasteiger partial charge in [0.2, 0.25) is 0 Å². The fourth-order valence-electron chi connectivity index (χ4n) is 3.89. The van der Waals surface area contributed by atoms with Crippen molar-refractivity contribution in [2.24, 2.45) is 12.0 Å². The maximum atomic E-state index is 5.48. The Morgan fingerprint density at radius 2 is 1.77 bits per heavy atom. The van der Waals surface area contributed by atoms with Crippen LogP contribution in [-0.4, -0.2) is 53.3 Å². The summed E-state index contributed by atoms with van der Waals surface area (Å²) in [5, 5.41) is 6.79. The van der Waals surface area contributed by atoms with Crippen LogP contribution in [-0.2, 0) is 31.4 Å². The predicted octanol–water partition coefficient (Wildman–Crippen LogP) is 2.66. The summed E-state index contributed by atoms with van der Waals surface area (Å²) < 4.78 is 7.61. The maximum absolute atomic E-state index is 5.48. The molecule has 0 amide bonds. The van der Waals surface area contributed by atoms with Crippen LogP contribution in [0.1, 0.15) is 23.9 Å². The topological polar surface area (TPSA) is 66.7 Å². The van der Waals surface area contributed by atoms with Crippen molar-refractivity contribution in [3.63, 3.8) is 0 Å². The molecule has 3 aromatic rings. The number of aromatic nitrogens is 2. The lowest BCUT2D eigenvalue weighted by molar-refractivity contribution is 0.0341. The van der Waals surface area contributed by atoms with E-state index in [0.717, 1.165) is 62.2 Å². The van der Waals surface area contributed by atoms with Crippen molar-refractivity contribution >= 4 is 17.0 Å². The van der Waals surface area contributed by atoms with Crippen LogP contribution in [0.5, 0.6) is 0 Å². The van der Waals surface area contributed by atoms with Crippen LogP contribution in [0.4, 0.5) is 0 Å². The molecule has 0 aliphatic carbocycles. The van der Waals surface area contributed by atoms with Gasteiger partial charge in [0, 0.05) is 33.2 Å². The molecule has 164 valence electrons. The van der Waals surface area contributed by atoms with Crippen LogP contribution < -0.4 is 10.6 Å². The number of imidazole rings is 1. The fraction of sp³-hybridized carbons (Fsp3) is 0.417. The summed E-state index contributed by atoms with van der Waals surface area (Å²) in [5.74, 6) is 1.79. The van der Waals surface area contributed by atoms with E-state index in [-0.39, 0.29) is 0 Å². The standard InChI is InChI=1S/C24H32N6O/c1-3-25-24(27-17-23-28-21-10-6-7-11-22(21)29(23)2)26-16-19-8-4-5-9-20(19)18-30-12-14-31-15-13-30/h4-11H,3,12-18H2,1-2H3,(H2,25,26,27). The first-order chi connectivity index (χ1) is 15.2. The lowest BCUT2D eigenvalue weighted by Crippen LogP contribution is -2.37. The first kappa shape index (κ1) is 21.3. The van der Waals surface area contributed by atoms with Gasteiger partial charge < -0.3 is 19.9 Å². The van der Waals surface area contributed by atoms with Gasteiger partial charge in [0.1, 0.15) is 5.82 Å². The molecule has 0 radical (unpaired) electrons. The molecule has 4 rings (SSSR count). The molecule has 2 N–H and O–H groups in total. The van der Waals surface area contributed by atoms with Crippen molar-refractivity contribution in [3.05, 3.63) is 65.5 Å². The molecule has 0 unspecified atom stereocenters. The number of aliphatic imine (C=N–C) groups is 1. The molecule has 31 heavy (non-hydrogen) atoms. The van der Waals surface area contributed by atoms with Gasteiger partial charge in [-0.1, -0.05) is 36.4 Å². The molecular weight excluding hydrogens is 388 g/mol. The molecule has 1 aliphatic heterocycles. The predicted molar refractivity (Wildman–Crippen MR) is 125 cm³/mol. The number of nitrogens with zero attached hydrogens (tertiary/aromatic N) is 4. The molecule has 1 saturated heterocycles. The number of para-hydroxylation sites is 2. The summed E-state index contributed by atoms with van der Waals surface area (Å²) in [7, 11) is 2.05. The zero-order valence-corrected chi connectivity index (χ0v) is 18.5. The van der Waals surface area contributed by atoms with Gasteiger partial charge in [-0.05, 0) is 30.2 Å². The van der Waals surface area contributed by atoms with Crippen molar-refractivity contribution in [1.29, 1.82) is 0 Å². The fourth-order valence-corrected chi connectivity index (χ4v) is 3.89. The molecule has 0 spiro atoms. The van der Waals surface area contributed by atoms with Crippen molar-refractivity contribution in [2.45, 2.75) is 26.6 Å². The number of fused-ring (bicyclic) bond motifs is 1. The minimum atomic E-state index is 0.617. The van der Waals surface area contributed by atoms with Crippen LogP contribution in [0.25, 0.3) is 11.0 Å². The third kappa shape index (κ3) is 5.42. The second-order valence-corrected chi connectivity index (χ2v) is 7.78. The minimum Gasteiger partial charge on any atom is -0.379 e. The first-order valence-electron chi connectivity index (χ1n) is 11.0. The molecule has 7 heteroatoms. The smallest absolute Gasteiger partial charge is 0.191 e. The molecule has 2 heterocycles. The summed E-state index contributed by atoms with van der Waals surface area (Å²) in [6, 6.07) is 16.8. The van der Waals surface area contributed by atoms with Gasteiger partial charge in [0.05, 0.1) is 37.3 Å². The number of nitrogens with one attached hydrogen (secondary N) is 2. The summed E-state index contributed by atoms with van der Waals surface area (Å²) >= 11 is 0. The molecule has 0 atom stereocenters. The normalized spacial score (nSPS) is 15.4. The number of hydrogen-bond acceptors (Lipinski definition) is 4. The Bertz CT molecular complexity index is 1020. The van der Waals surface area contributed by atoms with Crippen LogP contribution in [0.3, 0.4) is 0 Å². The van der Waals surface area contributed by atoms with Crippen molar-refractivity contribution in [1.82, 2.24) is 25.1 Å². The van der Waals surface area contributed by atoms with E-state index in [1.54, 1.807) is 0 Å². The van der Waals surface area contributed by atoms with Crippen LogP contribution in [0, 0.1) is 0 Å². The highest BCUT2D eigenvalue weighted by molar-refractivity contribution is 5.80. The van der Waals surface area contributed by atoms with Gasteiger partial charge in [0.25, 0.3) is 0 Å². The van der Waals surface area contributed by atoms with Gasteiger partial charge >= 0.3 is 0 Å². The van der Waals surface area contributed by atoms with Crippen molar-refractivity contribution in [2.75, 3.05) is 32.8 Å². The highest BCUT2D eigenvalue weighted by Gasteiger charge is 2.13. The molecule has 0 bridgehead atoms. The Balaban J connectivity index is 1.43.